The molecule has 1 amide bonds. The summed E-state index contributed by atoms with van der Waals surface area (Å²) in [6.07, 6.45) is -2.03. The number of amides is 1. The Balaban J connectivity index is 1.25. The molecule has 1 unspecified atom stereocenters. The maximum atomic E-state index is 13.5. The highest BCUT2D eigenvalue weighted by Crippen LogP contribution is 2.44. The van der Waals surface area contributed by atoms with Gasteiger partial charge < -0.3 is 9.80 Å². The van der Waals surface area contributed by atoms with Crippen LogP contribution in [0, 0.1) is 16.7 Å². The Morgan fingerprint density at radius 2 is 1.97 bits per heavy atom. The highest BCUT2D eigenvalue weighted by atomic mass is 19.4. The molecular formula is C24H26F3N7O2. The summed E-state index contributed by atoms with van der Waals surface area (Å²) < 4.78 is 40.4. The van der Waals surface area contributed by atoms with Crippen molar-refractivity contribution in [1.82, 2.24) is 25.0 Å². The van der Waals surface area contributed by atoms with E-state index < -0.39 is 22.7 Å². The largest absolute Gasteiger partial charge is 0.422 e. The Bertz CT molecular complexity index is 1260. The van der Waals surface area contributed by atoms with Crippen molar-refractivity contribution in [3.05, 3.63) is 51.1 Å². The van der Waals surface area contributed by atoms with Gasteiger partial charge in [-0.05, 0) is 50.4 Å². The molecule has 9 nitrogen and oxygen atoms in total. The van der Waals surface area contributed by atoms with Gasteiger partial charge in [0.15, 0.2) is 0 Å². The third-order valence-corrected chi connectivity index (χ3v) is 7.61. The highest BCUT2D eigenvalue weighted by Gasteiger charge is 2.48. The molecule has 36 heavy (non-hydrogen) atoms. The quantitative estimate of drug-likeness (QED) is 0.686. The minimum Gasteiger partial charge on any atom is -0.353 e. The monoisotopic (exact) mass is 501 g/mol. The van der Waals surface area contributed by atoms with Gasteiger partial charge in [-0.2, -0.15) is 23.5 Å². The maximum Gasteiger partial charge on any atom is 0.422 e. The van der Waals surface area contributed by atoms with E-state index in [1.165, 1.54) is 6.20 Å². The Morgan fingerprint density at radius 1 is 1.22 bits per heavy atom. The van der Waals surface area contributed by atoms with Crippen LogP contribution in [0.1, 0.15) is 48.2 Å². The number of H-pyrrole nitrogens is 1. The van der Waals surface area contributed by atoms with Crippen molar-refractivity contribution in [2.75, 3.05) is 44.2 Å². The zero-order valence-corrected chi connectivity index (χ0v) is 19.8. The summed E-state index contributed by atoms with van der Waals surface area (Å²) in [4.78, 5) is 35.6. The Morgan fingerprint density at radius 3 is 2.61 bits per heavy atom. The first-order valence-electron chi connectivity index (χ1n) is 11.9. The zero-order chi connectivity index (χ0) is 25.7. The fraction of sp³-hybridized carbons (Fsp3) is 0.542. The molecule has 4 heterocycles. The van der Waals surface area contributed by atoms with Crippen molar-refractivity contribution in [3.8, 4) is 6.07 Å². The van der Waals surface area contributed by atoms with Crippen molar-refractivity contribution in [2.45, 2.75) is 38.4 Å². The number of aromatic nitrogens is 3. The number of alkyl halides is 3. The fourth-order valence-electron chi connectivity index (χ4n) is 5.70. The van der Waals surface area contributed by atoms with E-state index >= 15 is 0 Å². The standard InChI is InChI=1S/C24H26F3N7O2/c1-23(22(36)33-10-8-32(9-11-33)18-5-2-15(12-28)13-29-18)6-7-34(14-23)17-4-3-16-19(24(25,26)27)21(35)31-30-20(16)17/h2,5,13,17H,3-4,6-11,14H2,1H3,(H,31,35)/t17?,23-/m0/s1. The third kappa shape index (κ3) is 4.21. The molecule has 1 aliphatic carbocycles. The summed E-state index contributed by atoms with van der Waals surface area (Å²) >= 11 is 0. The number of aromatic amines is 1. The van der Waals surface area contributed by atoms with Crippen LogP contribution in [0.5, 0.6) is 0 Å². The van der Waals surface area contributed by atoms with Gasteiger partial charge in [0.25, 0.3) is 5.56 Å². The number of hydrogen-bond acceptors (Lipinski definition) is 7. The van der Waals surface area contributed by atoms with Crippen molar-refractivity contribution in [2.24, 2.45) is 5.41 Å². The molecule has 3 aliphatic rings. The van der Waals surface area contributed by atoms with E-state index in [1.807, 2.05) is 27.9 Å². The lowest BCUT2D eigenvalue weighted by Crippen LogP contribution is -2.53. The molecule has 0 radical (unpaired) electrons. The summed E-state index contributed by atoms with van der Waals surface area (Å²) in [5.74, 6) is 0.809. The van der Waals surface area contributed by atoms with E-state index in [2.05, 4.69) is 15.0 Å². The first kappa shape index (κ1) is 24.2. The van der Waals surface area contributed by atoms with Crippen LogP contribution in [0.3, 0.4) is 0 Å². The number of pyridine rings is 1. The second-order valence-corrected chi connectivity index (χ2v) is 9.92. The van der Waals surface area contributed by atoms with Crippen LogP contribution in [-0.2, 0) is 17.4 Å². The smallest absolute Gasteiger partial charge is 0.353 e. The van der Waals surface area contributed by atoms with Crippen LogP contribution in [0.25, 0.3) is 0 Å². The van der Waals surface area contributed by atoms with E-state index in [0.717, 1.165) is 5.82 Å². The molecule has 12 heteroatoms. The lowest BCUT2D eigenvalue weighted by atomic mass is 9.87. The first-order valence-corrected chi connectivity index (χ1v) is 11.9. The van der Waals surface area contributed by atoms with Gasteiger partial charge in [0.2, 0.25) is 5.91 Å². The van der Waals surface area contributed by atoms with Crippen LogP contribution >= 0.6 is 0 Å². The summed E-state index contributed by atoms with van der Waals surface area (Å²) in [5.41, 5.74) is -2.27. The molecule has 0 aromatic carbocycles. The number of piperazine rings is 1. The molecule has 5 rings (SSSR count). The lowest BCUT2D eigenvalue weighted by Gasteiger charge is -2.39. The molecular weight excluding hydrogens is 475 g/mol. The predicted octanol–water partition coefficient (Wildman–Crippen LogP) is 2.10. The summed E-state index contributed by atoms with van der Waals surface area (Å²) in [7, 11) is 0. The average Bonchev–Trinajstić information content (AvgIpc) is 3.47. The maximum absolute atomic E-state index is 13.5. The number of halogens is 3. The van der Waals surface area contributed by atoms with E-state index in [1.54, 1.807) is 12.1 Å². The normalized spacial score (nSPS) is 24.6. The number of hydrogen-bond donors (Lipinski definition) is 1. The summed E-state index contributed by atoms with van der Waals surface area (Å²) in [6, 6.07) is 5.22. The Hall–Kier alpha value is -3.46. The van der Waals surface area contributed by atoms with Crippen LogP contribution in [-0.4, -0.2) is 70.2 Å². The van der Waals surface area contributed by atoms with Gasteiger partial charge in [-0.3, -0.25) is 14.5 Å². The van der Waals surface area contributed by atoms with E-state index in [9.17, 15) is 22.8 Å². The van der Waals surface area contributed by atoms with Gasteiger partial charge in [-0.1, -0.05) is 0 Å². The molecule has 2 fully saturated rings. The molecule has 190 valence electrons. The van der Waals surface area contributed by atoms with Crippen LogP contribution in [0.2, 0.25) is 0 Å². The summed E-state index contributed by atoms with van der Waals surface area (Å²) in [6.45, 7) is 5.25. The van der Waals surface area contributed by atoms with Crippen molar-refractivity contribution in [3.63, 3.8) is 0 Å². The number of likely N-dealkylation sites (tertiary alicyclic amines) is 1. The van der Waals surface area contributed by atoms with Crippen molar-refractivity contribution >= 4 is 11.7 Å². The highest BCUT2D eigenvalue weighted by molar-refractivity contribution is 5.83. The van der Waals surface area contributed by atoms with Gasteiger partial charge in [-0.25, -0.2) is 10.1 Å². The van der Waals surface area contributed by atoms with Gasteiger partial charge in [-0.15, -0.1) is 0 Å². The number of nitrogens with zero attached hydrogens (tertiary/aromatic N) is 6. The van der Waals surface area contributed by atoms with Gasteiger partial charge in [0.05, 0.1) is 22.7 Å². The number of nitrogens with one attached hydrogen (secondary N) is 1. The fourth-order valence-corrected chi connectivity index (χ4v) is 5.70. The van der Waals surface area contributed by atoms with E-state index in [0.29, 0.717) is 57.7 Å². The topological polar surface area (TPSA) is 109 Å². The van der Waals surface area contributed by atoms with Gasteiger partial charge in [0, 0.05) is 38.9 Å². The SMILES string of the molecule is C[C@]1(C(=O)N2CCN(c3ccc(C#N)cn3)CC2)CCN(C2CCc3c2n[nH]c(=O)c3C(F)(F)F)C1. The molecule has 2 atom stereocenters. The average molecular weight is 502 g/mol. The number of carbonyl (C=O) groups excluding carboxylic acids is 1. The predicted molar refractivity (Wildman–Crippen MR) is 123 cm³/mol. The Labute approximate surface area is 205 Å². The van der Waals surface area contributed by atoms with Crippen LogP contribution in [0.4, 0.5) is 19.0 Å². The van der Waals surface area contributed by atoms with Crippen molar-refractivity contribution < 1.29 is 18.0 Å². The molecule has 0 saturated carbocycles. The number of rotatable bonds is 3. The minimum absolute atomic E-state index is 0.0243. The number of anilines is 1. The lowest BCUT2D eigenvalue weighted by molar-refractivity contribution is -0.141. The summed E-state index contributed by atoms with van der Waals surface area (Å²) in [5, 5.41) is 15.0. The van der Waals surface area contributed by atoms with Gasteiger partial charge in [0.1, 0.15) is 17.5 Å². The number of nitriles is 1. The minimum atomic E-state index is -4.74. The second kappa shape index (κ2) is 8.89. The van der Waals surface area contributed by atoms with Gasteiger partial charge >= 0.3 is 6.18 Å². The molecule has 0 bridgehead atoms. The molecule has 2 aliphatic heterocycles. The van der Waals surface area contributed by atoms with Crippen LogP contribution < -0.4 is 10.5 Å². The molecule has 0 spiro atoms. The first-order chi connectivity index (χ1) is 17.1. The number of carbonyl (C=O) groups is 1. The van der Waals surface area contributed by atoms with Crippen molar-refractivity contribution in [1.29, 1.82) is 5.26 Å². The molecule has 2 aromatic rings. The molecule has 1 N–H and O–H groups in total. The second-order valence-electron chi connectivity index (χ2n) is 9.92. The third-order valence-electron chi connectivity index (χ3n) is 7.61. The molecule has 2 aromatic heterocycles. The Kier molecular flexibility index (Phi) is 5.98. The van der Waals surface area contributed by atoms with E-state index in [-0.39, 0.29) is 29.6 Å². The van der Waals surface area contributed by atoms with E-state index in [4.69, 9.17) is 5.26 Å². The molecule has 2 saturated heterocycles. The zero-order valence-electron chi connectivity index (χ0n) is 19.8. The number of fused-ring (bicyclic) bond motifs is 1. The van der Waals surface area contributed by atoms with Crippen LogP contribution in [0.15, 0.2) is 23.1 Å².